The molecule has 0 saturated heterocycles. The van der Waals surface area contributed by atoms with Crippen molar-refractivity contribution in [3.8, 4) is 0 Å². The summed E-state index contributed by atoms with van der Waals surface area (Å²) in [7, 11) is -7.81. The third-order valence-corrected chi connectivity index (χ3v) is 6.55. The fourth-order valence-corrected chi connectivity index (χ4v) is 4.89. The fourth-order valence-electron chi connectivity index (χ4n) is 1.54. The van der Waals surface area contributed by atoms with Crippen LogP contribution in [0.5, 0.6) is 0 Å². The summed E-state index contributed by atoms with van der Waals surface area (Å²) in [6.07, 6.45) is 0. The Kier molecular flexibility index (Phi) is 4.26. The second-order valence-corrected chi connectivity index (χ2v) is 9.04. The van der Waals surface area contributed by atoms with E-state index in [1.165, 1.54) is 25.1 Å². The zero-order chi connectivity index (χ0) is 15.8. The second kappa shape index (κ2) is 5.54. The molecule has 0 radical (unpaired) electrons. The SMILES string of the molecule is Cc1nc(Cl)sc1S(=O)(=O)Nc1cccc(S(N)(=O)=O)c1. The number of nitrogens with zero attached hydrogens (tertiary/aromatic N) is 1. The minimum Gasteiger partial charge on any atom is -0.279 e. The molecule has 1 heterocycles. The quantitative estimate of drug-likeness (QED) is 0.849. The summed E-state index contributed by atoms with van der Waals surface area (Å²) in [6.45, 7) is 1.51. The van der Waals surface area contributed by atoms with Crippen molar-refractivity contribution >= 4 is 48.7 Å². The smallest absolute Gasteiger partial charge is 0.273 e. The average Bonchev–Trinajstić information content (AvgIpc) is 2.68. The molecule has 1 aromatic carbocycles. The van der Waals surface area contributed by atoms with Gasteiger partial charge in [-0.3, -0.25) is 4.72 Å². The second-order valence-electron chi connectivity index (χ2n) is 4.02. The lowest BCUT2D eigenvalue weighted by Crippen LogP contribution is -2.15. The number of sulfonamides is 2. The molecular formula is C10H10ClN3O4S3. The normalized spacial score (nSPS) is 12.3. The van der Waals surface area contributed by atoms with E-state index < -0.39 is 20.0 Å². The van der Waals surface area contributed by atoms with Gasteiger partial charge in [0.25, 0.3) is 10.0 Å². The molecule has 0 bridgehead atoms. The number of anilines is 1. The molecule has 2 rings (SSSR count). The van der Waals surface area contributed by atoms with E-state index in [2.05, 4.69) is 9.71 Å². The number of aromatic nitrogens is 1. The van der Waals surface area contributed by atoms with Gasteiger partial charge in [0.05, 0.1) is 16.3 Å². The van der Waals surface area contributed by atoms with Gasteiger partial charge in [0, 0.05) is 0 Å². The molecule has 0 spiro atoms. The molecule has 11 heteroatoms. The van der Waals surface area contributed by atoms with E-state index in [4.69, 9.17) is 16.7 Å². The lowest BCUT2D eigenvalue weighted by Gasteiger charge is -2.07. The minimum absolute atomic E-state index is 0.0338. The highest BCUT2D eigenvalue weighted by Crippen LogP contribution is 2.28. The van der Waals surface area contributed by atoms with E-state index in [1.54, 1.807) is 0 Å². The summed E-state index contributed by atoms with van der Waals surface area (Å²) in [5, 5.41) is 5.00. The summed E-state index contributed by atoms with van der Waals surface area (Å²) in [6, 6.07) is 5.18. The van der Waals surface area contributed by atoms with Crippen molar-refractivity contribution in [3.63, 3.8) is 0 Å². The van der Waals surface area contributed by atoms with E-state index in [1.807, 2.05) is 0 Å². The van der Waals surface area contributed by atoms with Crippen LogP contribution in [0.3, 0.4) is 0 Å². The number of primary sulfonamides is 1. The number of nitrogens with one attached hydrogen (secondary N) is 1. The first-order chi connectivity index (χ1) is 9.59. The topological polar surface area (TPSA) is 119 Å². The van der Waals surface area contributed by atoms with Crippen molar-refractivity contribution in [2.75, 3.05) is 4.72 Å². The van der Waals surface area contributed by atoms with Gasteiger partial charge in [0.2, 0.25) is 10.0 Å². The van der Waals surface area contributed by atoms with E-state index >= 15 is 0 Å². The number of aryl methyl sites for hydroxylation is 1. The van der Waals surface area contributed by atoms with Crippen LogP contribution in [0.2, 0.25) is 4.47 Å². The molecule has 2 aromatic rings. The first-order valence-electron chi connectivity index (χ1n) is 5.38. The Morgan fingerprint density at radius 2 is 1.95 bits per heavy atom. The van der Waals surface area contributed by atoms with Gasteiger partial charge in [-0.25, -0.2) is 27.0 Å². The Hall–Kier alpha value is -1.20. The third kappa shape index (κ3) is 3.71. The van der Waals surface area contributed by atoms with Crippen molar-refractivity contribution in [2.24, 2.45) is 5.14 Å². The van der Waals surface area contributed by atoms with Crippen molar-refractivity contribution in [2.45, 2.75) is 16.0 Å². The molecule has 0 atom stereocenters. The predicted octanol–water partition coefficient (Wildman–Crippen LogP) is 1.55. The largest absolute Gasteiger partial charge is 0.279 e. The molecule has 0 fully saturated rings. The number of nitrogens with two attached hydrogens (primary N) is 1. The van der Waals surface area contributed by atoms with E-state index in [-0.39, 0.29) is 25.0 Å². The maximum Gasteiger partial charge on any atom is 0.273 e. The van der Waals surface area contributed by atoms with Crippen LogP contribution in [-0.4, -0.2) is 21.8 Å². The minimum atomic E-state index is -3.92. The van der Waals surface area contributed by atoms with Crippen LogP contribution >= 0.6 is 22.9 Å². The average molecular weight is 368 g/mol. The van der Waals surface area contributed by atoms with E-state index in [9.17, 15) is 16.8 Å². The molecule has 3 N–H and O–H groups in total. The Morgan fingerprint density at radius 1 is 1.29 bits per heavy atom. The van der Waals surface area contributed by atoms with Gasteiger partial charge in [-0.1, -0.05) is 29.0 Å². The van der Waals surface area contributed by atoms with E-state index in [0.29, 0.717) is 0 Å². The first kappa shape index (κ1) is 16.2. The Morgan fingerprint density at radius 3 is 2.48 bits per heavy atom. The van der Waals surface area contributed by atoms with Crippen molar-refractivity contribution in [1.82, 2.24) is 4.98 Å². The molecule has 0 aliphatic carbocycles. The molecule has 21 heavy (non-hydrogen) atoms. The molecule has 0 unspecified atom stereocenters. The van der Waals surface area contributed by atoms with Gasteiger partial charge >= 0.3 is 0 Å². The van der Waals surface area contributed by atoms with Crippen LogP contribution in [-0.2, 0) is 20.0 Å². The molecule has 0 aliphatic rings. The van der Waals surface area contributed by atoms with Crippen molar-refractivity contribution in [1.29, 1.82) is 0 Å². The Labute approximate surface area is 130 Å². The molecule has 114 valence electrons. The fraction of sp³-hybridized carbons (Fsp3) is 0.100. The highest BCUT2D eigenvalue weighted by atomic mass is 35.5. The van der Waals surface area contributed by atoms with Gasteiger partial charge in [-0.15, -0.1) is 0 Å². The number of thiazole rings is 1. The molecule has 7 nitrogen and oxygen atoms in total. The summed E-state index contributed by atoms with van der Waals surface area (Å²) in [4.78, 5) is 3.63. The summed E-state index contributed by atoms with van der Waals surface area (Å²) >= 11 is 6.49. The number of hydrogen-bond acceptors (Lipinski definition) is 6. The van der Waals surface area contributed by atoms with Gasteiger partial charge in [0.15, 0.2) is 8.68 Å². The monoisotopic (exact) mass is 367 g/mol. The summed E-state index contributed by atoms with van der Waals surface area (Å²) < 4.78 is 49.3. The van der Waals surface area contributed by atoms with Gasteiger partial charge in [-0.2, -0.15) is 0 Å². The van der Waals surface area contributed by atoms with Crippen LogP contribution in [0.25, 0.3) is 0 Å². The Bertz CT molecular complexity index is 890. The highest BCUT2D eigenvalue weighted by Gasteiger charge is 2.22. The van der Waals surface area contributed by atoms with Crippen LogP contribution in [0.4, 0.5) is 5.69 Å². The molecule has 1 aromatic heterocycles. The van der Waals surface area contributed by atoms with Gasteiger partial charge < -0.3 is 0 Å². The van der Waals surface area contributed by atoms with Gasteiger partial charge in [0.1, 0.15) is 0 Å². The third-order valence-electron chi connectivity index (χ3n) is 2.39. The molecule has 0 saturated carbocycles. The van der Waals surface area contributed by atoms with Gasteiger partial charge in [-0.05, 0) is 25.1 Å². The maximum absolute atomic E-state index is 12.2. The molecule has 0 aliphatic heterocycles. The van der Waals surface area contributed by atoms with Crippen molar-refractivity contribution in [3.05, 3.63) is 34.4 Å². The summed E-state index contributed by atoms with van der Waals surface area (Å²) in [5.74, 6) is 0. The lowest BCUT2D eigenvalue weighted by molar-refractivity contribution is 0.596. The highest BCUT2D eigenvalue weighted by molar-refractivity contribution is 7.94. The lowest BCUT2D eigenvalue weighted by atomic mass is 10.3. The number of hydrogen-bond donors (Lipinski definition) is 2. The number of benzene rings is 1. The van der Waals surface area contributed by atoms with Crippen LogP contribution in [0.15, 0.2) is 33.4 Å². The zero-order valence-corrected chi connectivity index (χ0v) is 13.8. The standard InChI is InChI=1S/C10H10ClN3O4S3/c1-6-9(19-10(11)13-6)21(17,18)14-7-3-2-4-8(5-7)20(12,15)16/h2-5,14H,1H3,(H2,12,15,16). The number of rotatable bonds is 4. The van der Waals surface area contributed by atoms with Crippen LogP contribution < -0.4 is 9.86 Å². The zero-order valence-electron chi connectivity index (χ0n) is 10.6. The van der Waals surface area contributed by atoms with E-state index in [0.717, 1.165) is 17.4 Å². The van der Waals surface area contributed by atoms with Crippen LogP contribution in [0.1, 0.15) is 5.69 Å². The number of halogens is 1. The maximum atomic E-state index is 12.2. The molecule has 0 amide bonds. The van der Waals surface area contributed by atoms with Crippen molar-refractivity contribution < 1.29 is 16.8 Å². The van der Waals surface area contributed by atoms with Crippen LogP contribution in [0, 0.1) is 6.92 Å². The molecular weight excluding hydrogens is 358 g/mol. The predicted molar refractivity (Wildman–Crippen MR) is 80.5 cm³/mol. The Balaban J connectivity index is 2.40. The summed E-state index contributed by atoms with van der Waals surface area (Å²) in [5.41, 5.74) is 0.338. The first-order valence-corrected chi connectivity index (χ1v) is 9.60.